The van der Waals surface area contributed by atoms with Crippen LogP contribution in [0.25, 0.3) is 10.9 Å². The van der Waals surface area contributed by atoms with E-state index in [-0.39, 0.29) is 17.1 Å². The van der Waals surface area contributed by atoms with Crippen molar-refractivity contribution in [1.82, 2.24) is 30.1 Å². The van der Waals surface area contributed by atoms with Crippen molar-refractivity contribution >= 4 is 10.9 Å². The molecule has 190 valence electrons. The fourth-order valence-electron chi connectivity index (χ4n) is 4.58. The van der Waals surface area contributed by atoms with Gasteiger partial charge in [-0.2, -0.15) is 0 Å². The van der Waals surface area contributed by atoms with Gasteiger partial charge >= 0.3 is 0 Å². The SMILES string of the molecule is CCCC(c1nnnn1C(C)(C)C)N(Cc1ccc(OC)cc1)Cc1cc2cc(C)ccc2[nH]c1=O. The van der Waals surface area contributed by atoms with Crippen molar-refractivity contribution in [3.8, 4) is 5.75 Å². The van der Waals surface area contributed by atoms with Crippen LogP contribution in [0.15, 0.2) is 53.3 Å². The third-order valence-electron chi connectivity index (χ3n) is 6.42. The number of benzene rings is 2. The molecule has 8 heteroatoms. The highest BCUT2D eigenvalue weighted by atomic mass is 16.5. The van der Waals surface area contributed by atoms with E-state index in [1.54, 1.807) is 7.11 Å². The molecule has 0 saturated carbocycles. The van der Waals surface area contributed by atoms with Crippen LogP contribution in [-0.4, -0.2) is 37.2 Å². The van der Waals surface area contributed by atoms with E-state index in [0.29, 0.717) is 13.1 Å². The number of fused-ring (bicyclic) bond motifs is 1. The minimum Gasteiger partial charge on any atom is -0.497 e. The zero-order valence-corrected chi connectivity index (χ0v) is 22.1. The van der Waals surface area contributed by atoms with Gasteiger partial charge in [-0.3, -0.25) is 9.69 Å². The van der Waals surface area contributed by atoms with E-state index in [4.69, 9.17) is 4.74 Å². The monoisotopic (exact) mass is 488 g/mol. The Morgan fingerprint density at radius 1 is 1.08 bits per heavy atom. The summed E-state index contributed by atoms with van der Waals surface area (Å²) in [5.41, 5.74) is 3.50. The summed E-state index contributed by atoms with van der Waals surface area (Å²) in [6.07, 6.45) is 1.81. The lowest BCUT2D eigenvalue weighted by Gasteiger charge is -2.33. The Labute approximate surface area is 212 Å². The van der Waals surface area contributed by atoms with Gasteiger partial charge in [-0.25, -0.2) is 4.68 Å². The molecule has 4 rings (SSSR count). The largest absolute Gasteiger partial charge is 0.497 e. The molecule has 1 unspecified atom stereocenters. The maximum absolute atomic E-state index is 13.1. The van der Waals surface area contributed by atoms with Crippen LogP contribution in [-0.2, 0) is 18.6 Å². The summed E-state index contributed by atoms with van der Waals surface area (Å²) in [6, 6.07) is 16.1. The highest BCUT2D eigenvalue weighted by molar-refractivity contribution is 5.79. The lowest BCUT2D eigenvalue weighted by Crippen LogP contribution is -2.35. The maximum atomic E-state index is 13.1. The van der Waals surface area contributed by atoms with Crippen LogP contribution < -0.4 is 10.3 Å². The van der Waals surface area contributed by atoms with E-state index in [1.807, 2.05) is 35.0 Å². The number of pyridine rings is 1. The number of aromatic nitrogens is 5. The third kappa shape index (κ3) is 5.65. The van der Waals surface area contributed by atoms with Crippen LogP contribution in [0.3, 0.4) is 0 Å². The second-order valence-electron chi connectivity index (χ2n) is 10.4. The van der Waals surface area contributed by atoms with Gasteiger partial charge in [0.25, 0.3) is 5.56 Å². The molecule has 0 amide bonds. The molecule has 0 spiro atoms. The highest BCUT2D eigenvalue weighted by Crippen LogP contribution is 2.30. The van der Waals surface area contributed by atoms with Gasteiger partial charge in [-0.15, -0.1) is 5.10 Å². The van der Waals surface area contributed by atoms with Crippen LogP contribution in [0.5, 0.6) is 5.75 Å². The predicted molar refractivity (Wildman–Crippen MR) is 142 cm³/mol. The topological polar surface area (TPSA) is 88.9 Å². The Morgan fingerprint density at radius 2 is 1.83 bits per heavy atom. The van der Waals surface area contributed by atoms with E-state index >= 15 is 0 Å². The lowest BCUT2D eigenvalue weighted by molar-refractivity contribution is 0.148. The second-order valence-corrected chi connectivity index (χ2v) is 10.4. The maximum Gasteiger partial charge on any atom is 0.252 e. The number of aromatic amines is 1. The number of tetrazole rings is 1. The molecule has 0 bridgehead atoms. The molecule has 2 aromatic heterocycles. The number of aryl methyl sites for hydroxylation is 1. The first-order valence-corrected chi connectivity index (χ1v) is 12.5. The number of hydrogen-bond donors (Lipinski definition) is 1. The fraction of sp³-hybridized carbons (Fsp3) is 0.429. The van der Waals surface area contributed by atoms with Crippen molar-refractivity contribution in [3.05, 3.63) is 81.4 Å². The van der Waals surface area contributed by atoms with Crippen molar-refractivity contribution < 1.29 is 4.74 Å². The van der Waals surface area contributed by atoms with Gasteiger partial charge in [0.05, 0.1) is 18.7 Å². The standard InChI is InChI=1S/C28H36N6O2/c1-7-8-25(26-30-31-32-34(26)28(3,4)5)33(17-20-10-12-23(36-6)13-11-20)18-22-16-21-15-19(2)9-14-24(21)29-27(22)35/h9-16,25H,7-8,17-18H2,1-6H3,(H,29,35). The van der Waals surface area contributed by atoms with Gasteiger partial charge in [0.15, 0.2) is 5.82 Å². The van der Waals surface area contributed by atoms with Crippen LogP contribution in [0.2, 0.25) is 0 Å². The number of hydrogen-bond acceptors (Lipinski definition) is 6. The minimum absolute atomic E-state index is 0.0704. The summed E-state index contributed by atoms with van der Waals surface area (Å²) >= 11 is 0. The van der Waals surface area contributed by atoms with Gasteiger partial charge in [0.1, 0.15) is 5.75 Å². The van der Waals surface area contributed by atoms with Gasteiger partial charge in [0.2, 0.25) is 0 Å². The summed E-state index contributed by atoms with van der Waals surface area (Å²) in [4.78, 5) is 18.5. The molecule has 0 radical (unpaired) electrons. The van der Waals surface area contributed by atoms with E-state index in [9.17, 15) is 4.79 Å². The normalized spacial score (nSPS) is 12.9. The van der Waals surface area contributed by atoms with Crippen molar-refractivity contribution in [2.75, 3.05) is 7.11 Å². The number of H-pyrrole nitrogens is 1. The molecule has 4 aromatic rings. The van der Waals surface area contributed by atoms with Crippen molar-refractivity contribution in [2.45, 2.75) is 72.1 Å². The third-order valence-corrected chi connectivity index (χ3v) is 6.42. The average Bonchev–Trinajstić information content (AvgIpc) is 3.34. The molecule has 0 aliphatic heterocycles. The number of ether oxygens (including phenoxy) is 1. The first-order chi connectivity index (χ1) is 17.2. The average molecular weight is 489 g/mol. The molecule has 2 aromatic carbocycles. The fourth-order valence-corrected chi connectivity index (χ4v) is 4.58. The Kier molecular flexibility index (Phi) is 7.54. The first-order valence-electron chi connectivity index (χ1n) is 12.5. The molecule has 36 heavy (non-hydrogen) atoms. The lowest BCUT2D eigenvalue weighted by atomic mass is 10.0. The van der Waals surface area contributed by atoms with Crippen molar-refractivity contribution in [1.29, 1.82) is 0 Å². The minimum atomic E-state index is -0.269. The zero-order valence-electron chi connectivity index (χ0n) is 22.1. The number of methoxy groups -OCH3 is 1. The van der Waals surface area contributed by atoms with Crippen LogP contribution >= 0.6 is 0 Å². The predicted octanol–water partition coefficient (Wildman–Crippen LogP) is 5.13. The molecule has 1 atom stereocenters. The van der Waals surface area contributed by atoms with E-state index in [2.05, 4.69) is 78.2 Å². The van der Waals surface area contributed by atoms with Gasteiger partial charge in [-0.05, 0) is 85.8 Å². The molecule has 0 fully saturated rings. The van der Waals surface area contributed by atoms with Crippen molar-refractivity contribution in [3.63, 3.8) is 0 Å². The van der Waals surface area contributed by atoms with Crippen LogP contribution in [0.1, 0.15) is 69.1 Å². The molecule has 0 saturated heterocycles. The molecular weight excluding hydrogens is 452 g/mol. The Hall–Kier alpha value is -3.52. The van der Waals surface area contributed by atoms with Crippen LogP contribution in [0.4, 0.5) is 0 Å². The Morgan fingerprint density at radius 3 is 2.50 bits per heavy atom. The quantitative estimate of drug-likeness (QED) is 0.351. The van der Waals surface area contributed by atoms with Gasteiger partial charge < -0.3 is 9.72 Å². The molecule has 2 heterocycles. The van der Waals surface area contributed by atoms with E-state index in [0.717, 1.165) is 52.0 Å². The molecular formula is C28H36N6O2. The number of nitrogens with zero attached hydrogens (tertiary/aromatic N) is 5. The Bertz CT molecular complexity index is 1370. The smallest absolute Gasteiger partial charge is 0.252 e. The second kappa shape index (κ2) is 10.6. The van der Waals surface area contributed by atoms with E-state index < -0.39 is 0 Å². The molecule has 8 nitrogen and oxygen atoms in total. The summed E-state index contributed by atoms with van der Waals surface area (Å²) < 4.78 is 7.25. The summed E-state index contributed by atoms with van der Waals surface area (Å²) in [5.74, 6) is 1.62. The van der Waals surface area contributed by atoms with Gasteiger partial charge in [-0.1, -0.05) is 37.1 Å². The Balaban J connectivity index is 1.78. The highest BCUT2D eigenvalue weighted by Gasteiger charge is 2.30. The molecule has 0 aliphatic carbocycles. The summed E-state index contributed by atoms with van der Waals surface area (Å²) in [7, 11) is 1.67. The summed E-state index contributed by atoms with van der Waals surface area (Å²) in [5, 5.41) is 13.9. The van der Waals surface area contributed by atoms with E-state index in [1.165, 1.54) is 0 Å². The zero-order chi connectivity index (χ0) is 25.9. The summed E-state index contributed by atoms with van der Waals surface area (Å²) in [6.45, 7) is 11.6. The molecule has 1 N–H and O–H groups in total. The molecule has 0 aliphatic rings. The first kappa shape index (κ1) is 25.6. The van der Waals surface area contributed by atoms with Crippen LogP contribution in [0, 0.1) is 6.92 Å². The number of nitrogens with one attached hydrogen (secondary N) is 1. The van der Waals surface area contributed by atoms with Crippen molar-refractivity contribution in [2.24, 2.45) is 0 Å². The van der Waals surface area contributed by atoms with Gasteiger partial charge in [0, 0.05) is 24.2 Å². The number of rotatable bonds is 9.